The van der Waals surface area contributed by atoms with E-state index in [9.17, 15) is 0 Å². The number of nitrogens with zero attached hydrogens (tertiary/aromatic N) is 2. The summed E-state index contributed by atoms with van der Waals surface area (Å²) >= 11 is 0. The second kappa shape index (κ2) is 7.41. The van der Waals surface area contributed by atoms with E-state index in [1.54, 1.807) is 0 Å². The van der Waals surface area contributed by atoms with Crippen molar-refractivity contribution in [1.29, 1.82) is 0 Å². The van der Waals surface area contributed by atoms with E-state index in [4.69, 9.17) is 0 Å². The normalized spacial score (nSPS) is 14.9. The van der Waals surface area contributed by atoms with Crippen LogP contribution in [0.5, 0.6) is 0 Å². The summed E-state index contributed by atoms with van der Waals surface area (Å²) in [6, 6.07) is 5.37. The molecule has 0 spiro atoms. The number of aromatic nitrogens is 1. The first-order valence-corrected chi connectivity index (χ1v) is 6.40. The van der Waals surface area contributed by atoms with Crippen molar-refractivity contribution in [3.05, 3.63) is 30.1 Å². The quantitative estimate of drug-likeness (QED) is 0.783. The topological polar surface area (TPSA) is 28.2 Å². The van der Waals surface area contributed by atoms with E-state index in [-0.39, 0.29) is 0 Å². The standard InChI is InChI=1S/C14H25N3/c1-12(15-3)11-13(2)17(4)10-7-14-5-8-16-9-6-14/h5-6,8-9,12-13,15H,7,10-11H2,1-4H3. The summed E-state index contributed by atoms with van der Waals surface area (Å²) in [5, 5.41) is 3.29. The molecular weight excluding hydrogens is 210 g/mol. The third kappa shape index (κ3) is 5.29. The molecule has 0 saturated heterocycles. The second-order valence-corrected chi connectivity index (χ2v) is 4.86. The number of likely N-dealkylation sites (N-methyl/N-ethyl adjacent to an activating group) is 1. The van der Waals surface area contributed by atoms with Gasteiger partial charge in [-0.05, 0) is 58.5 Å². The van der Waals surface area contributed by atoms with Crippen LogP contribution in [0.4, 0.5) is 0 Å². The van der Waals surface area contributed by atoms with Crippen LogP contribution in [0.15, 0.2) is 24.5 Å². The van der Waals surface area contributed by atoms with Crippen molar-refractivity contribution >= 4 is 0 Å². The van der Waals surface area contributed by atoms with E-state index in [0.29, 0.717) is 12.1 Å². The van der Waals surface area contributed by atoms with Gasteiger partial charge in [-0.1, -0.05) is 0 Å². The maximum atomic E-state index is 4.04. The van der Waals surface area contributed by atoms with Gasteiger partial charge in [0.25, 0.3) is 0 Å². The third-order valence-corrected chi connectivity index (χ3v) is 3.44. The fraction of sp³-hybridized carbons (Fsp3) is 0.643. The average Bonchev–Trinajstić information content (AvgIpc) is 2.36. The Morgan fingerprint density at radius 3 is 2.53 bits per heavy atom. The van der Waals surface area contributed by atoms with E-state index in [0.717, 1.165) is 13.0 Å². The van der Waals surface area contributed by atoms with Gasteiger partial charge in [0.1, 0.15) is 0 Å². The number of pyridine rings is 1. The molecule has 1 aromatic heterocycles. The van der Waals surface area contributed by atoms with Gasteiger partial charge in [-0.2, -0.15) is 0 Å². The molecule has 0 aliphatic heterocycles. The Hall–Kier alpha value is -0.930. The van der Waals surface area contributed by atoms with Gasteiger partial charge in [0.2, 0.25) is 0 Å². The van der Waals surface area contributed by atoms with Crippen LogP contribution >= 0.6 is 0 Å². The van der Waals surface area contributed by atoms with Crippen LogP contribution in [0.2, 0.25) is 0 Å². The number of nitrogens with one attached hydrogen (secondary N) is 1. The molecule has 1 aromatic rings. The summed E-state index contributed by atoms with van der Waals surface area (Å²) in [6.07, 6.45) is 6.00. The molecule has 1 rings (SSSR count). The number of hydrogen-bond acceptors (Lipinski definition) is 3. The minimum absolute atomic E-state index is 0.577. The molecule has 0 amide bonds. The smallest absolute Gasteiger partial charge is 0.0270 e. The monoisotopic (exact) mass is 235 g/mol. The Labute approximate surface area is 105 Å². The molecule has 2 unspecified atom stereocenters. The van der Waals surface area contributed by atoms with Crippen LogP contribution in [0.3, 0.4) is 0 Å². The van der Waals surface area contributed by atoms with E-state index < -0.39 is 0 Å². The molecule has 0 fully saturated rings. The van der Waals surface area contributed by atoms with E-state index in [1.807, 2.05) is 19.4 Å². The van der Waals surface area contributed by atoms with E-state index >= 15 is 0 Å². The molecular formula is C14H25N3. The van der Waals surface area contributed by atoms with Gasteiger partial charge in [-0.25, -0.2) is 0 Å². The second-order valence-electron chi connectivity index (χ2n) is 4.86. The van der Waals surface area contributed by atoms with Crippen LogP contribution in [0.25, 0.3) is 0 Å². The summed E-state index contributed by atoms with van der Waals surface area (Å²) in [4.78, 5) is 6.46. The molecule has 96 valence electrons. The average molecular weight is 235 g/mol. The SMILES string of the molecule is CNC(C)CC(C)N(C)CCc1ccncc1. The van der Waals surface area contributed by atoms with Gasteiger partial charge >= 0.3 is 0 Å². The van der Waals surface area contributed by atoms with Crippen molar-refractivity contribution in [2.45, 2.75) is 38.8 Å². The van der Waals surface area contributed by atoms with Gasteiger partial charge in [0, 0.05) is 31.0 Å². The van der Waals surface area contributed by atoms with Crippen molar-refractivity contribution in [1.82, 2.24) is 15.2 Å². The van der Waals surface area contributed by atoms with Crippen LogP contribution in [0, 0.1) is 0 Å². The lowest BCUT2D eigenvalue weighted by Gasteiger charge is -2.27. The Bertz CT molecular complexity index is 300. The minimum Gasteiger partial charge on any atom is -0.317 e. The van der Waals surface area contributed by atoms with Crippen LogP contribution in [-0.2, 0) is 6.42 Å². The Morgan fingerprint density at radius 1 is 1.29 bits per heavy atom. The number of hydrogen-bond donors (Lipinski definition) is 1. The van der Waals surface area contributed by atoms with Gasteiger partial charge in [-0.15, -0.1) is 0 Å². The maximum Gasteiger partial charge on any atom is 0.0270 e. The van der Waals surface area contributed by atoms with E-state index in [1.165, 1.54) is 12.0 Å². The molecule has 0 bridgehead atoms. The maximum absolute atomic E-state index is 4.04. The molecule has 0 aromatic carbocycles. The van der Waals surface area contributed by atoms with Crippen molar-refractivity contribution in [3.63, 3.8) is 0 Å². The summed E-state index contributed by atoms with van der Waals surface area (Å²) in [5.41, 5.74) is 1.36. The third-order valence-electron chi connectivity index (χ3n) is 3.44. The number of rotatable bonds is 7. The van der Waals surface area contributed by atoms with Crippen molar-refractivity contribution in [2.24, 2.45) is 0 Å². The van der Waals surface area contributed by atoms with Crippen LogP contribution in [-0.4, -0.2) is 42.6 Å². The Kier molecular flexibility index (Phi) is 6.16. The van der Waals surface area contributed by atoms with Crippen LogP contribution in [0.1, 0.15) is 25.8 Å². The van der Waals surface area contributed by atoms with Crippen LogP contribution < -0.4 is 5.32 Å². The summed E-state index contributed by atoms with van der Waals surface area (Å²) in [6.45, 7) is 5.62. The molecule has 1 heterocycles. The molecule has 0 aliphatic carbocycles. The molecule has 3 heteroatoms. The zero-order valence-corrected chi connectivity index (χ0v) is 11.5. The molecule has 0 radical (unpaired) electrons. The van der Waals surface area contributed by atoms with E-state index in [2.05, 4.69) is 48.2 Å². The van der Waals surface area contributed by atoms with Gasteiger partial charge in [0.05, 0.1) is 0 Å². The van der Waals surface area contributed by atoms with Gasteiger partial charge in [0.15, 0.2) is 0 Å². The van der Waals surface area contributed by atoms with Gasteiger partial charge < -0.3 is 10.2 Å². The Balaban J connectivity index is 2.31. The fourth-order valence-corrected chi connectivity index (χ4v) is 1.88. The largest absolute Gasteiger partial charge is 0.317 e. The molecule has 3 nitrogen and oxygen atoms in total. The van der Waals surface area contributed by atoms with Gasteiger partial charge in [-0.3, -0.25) is 4.98 Å². The first-order chi connectivity index (χ1) is 8.13. The predicted octanol–water partition coefficient (Wildman–Crippen LogP) is 1.94. The highest BCUT2D eigenvalue weighted by Gasteiger charge is 2.11. The van der Waals surface area contributed by atoms with Crippen molar-refractivity contribution in [2.75, 3.05) is 20.6 Å². The lowest BCUT2D eigenvalue weighted by Crippen LogP contribution is -2.36. The summed E-state index contributed by atoms with van der Waals surface area (Å²) < 4.78 is 0. The highest BCUT2D eigenvalue weighted by molar-refractivity contribution is 5.09. The lowest BCUT2D eigenvalue weighted by molar-refractivity contribution is 0.235. The lowest BCUT2D eigenvalue weighted by atomic mass is 10.1. The Morgan fingerprint density at radius 2 is 1.94 bits per heavy atom. The molecule has 0 saturated carbocycles. The summed E-state index contributed by atoms with van der Waals surface area (Å²) in [7, 11) is 4.22. The fourth-order valence-electron chi connectivity index (χ4n) is 1.88. The molecule has 1 N–H and O–H groups in total. The van der Waals surface area contributed by atoms with Crippen molar-refractivity contribution in [3.8, 4) is 0 Å². The highest BCUT2D eigenvalue weighted by Crippen LogP contribution is 2.06. The highest BCUT2D eigenvalue weighted by atomic mass is 15.1. The molecule has 17 heavy (non-hydrogen) atoms. The minimum atomic E-state index is 0.577. The zero-order chi connectivity index (χ0) is 12.7. The summed E-state index contributed by atoms with van der Waals surface area (Å²) in [5.74, 6) is 0. The zero-order valence-electron chi connectivity index (χ0n) is 11.5. The first-order valence-electron chi connectivity index (χ1n) is 6.40. The molecule has 2 atom stereocenters. The first kappa shape index (κ1) is 14.1. The predicted molar refractivity (Wildman–Crippen MR) is 73.2 cm³/mol. The van der Waals surface area contributed by atoms with Crippen molar-refractivity contribution < 1.29 is 0 Å². The molecule has 0 aliphatic rings.